The summed E-state index contributed by atoms with van der Waals surface area (Å²) < 4.78 is 18.0. The van der Waals surface area contributed by atoms with Crippen molar-refractivity contribution in [3.8, 4) is 44.5 Å². The third-order valence-electron chi connectivity index (χ3n) is 21.3. The topological polar surface area (TPSA) is 16.2 Å². The van der Waals surface area contributed by atoms with Gasteiger partial charge in [-0.2, -0.15) is 0 Å². The second-order valence-electron chi connectivity index (χ2n) is 27.3. The van der Waals surface area contributed by atoms with Crippen molar-refractivity contribution in [1.82, 2.24) is 0 Å². The molecular formula is C96H64B2FN5S. The molecule has 4 aliphatic rings. The van der Waals surface area contributed by atoms with Crippen LogP contribution in [0.15, 0.2) is 398 Å². The zero-order valence-electron chi connectivity index (χ0n) is 57.1. The van der Waals surface area contributed by atoms with Gasteiger partial charge in [-0.15, -0.1) is 0 Å². The lowest BCUT2D eigenvalue weighted by Gasteiger charge is -2.46. The number of rotatable bonds is 13. The highest BCUT2D eigenvalue weighted by molar-refractivity contribution is 8.00. The number of halogens is 1. The minimum atomic E-state index is -0.317. The average Bonchev–Trinajstić information content (AvgIpc) is 0.690. The van der Waals surface area contributed by atoms with Crippen molar-refractivity contribution >= 4 is 143 Å². The van der Waals surface area contributed by atoms with E-state index in [2.05, 4.69) is 388 Å². The molecule has 5 nitrogen and oxygen atoms in total. The van der Waals surface area contributed by atoms with E-state index in [1.807, 2.05) is 23.9 Å². The fourth-order valence-corrected chi connectivity index (χ4v) is 17.8. The molecule has 0 aliphatic carbocycles. The highest BCUT2D eigenvalue weighted by Crippen LogP contribution is 2.52. The molecule has 0 N–H and O–H groups in total. The molecule has 0 aromatic heterocycles. The molecule has 492 valence electrons. The highest BCUT2D eigenvalue weighted by Gasteiger charge is 2.48. The van der Waals surface area contributed by atoms with Crippen LogP contribution in [-0.4, -0.2) is 13.4 Å². The molecule has 0 amide bonds. The van der Waals surface area contributed by atoms with E-state index in [9.17, 15) is 0 Å². The van der Waals surface area contributed by atoms with Crippen molar-refractivity contribution < 1.29 is 4.39 Å². The smallest absolute Gasteiger partial charge is 0.252 e. The molecule has 0 saturated carbocycles. The Morgan fingerprint density at radius 2 is 0.543 bits per heavy atom. The Morgan fingerprint density at radius 1 is 0.219 bits per heavy atom. The predicted molar refractivity (Wildman–Crippen MR) is 441 cm³/mol. The first kappa shape index (κ1) is 61.8. The van der Waals surface area contributed by atoms with Crippen LogP contribution < -0.4 is 57.3 Å². The largest absolute Gasteiger partial charge is 0.311 e. The van der Waals surface area contributed by atoms with Crippen LogP contribution in [0.1, 0.15) is 0 Å². The summed E-state index contributed by atoms with van der Waals surface area (Å²) >= 11 is 1.82. The van der Waals surface area contributed by atoms with Gasteiger partial charge in [-0.3, -0.25) is 0 Å². The molecule has 0 spiro atoms. The molecule has 0 unspecified atom stereocenters. The molecule has 16 aromatic rings. The Hall–Kier alpha value is -13.1. The summed E-state index contributed by atoms with van der Waals surface area (Å²) in [5.41, 5.74) is 30.9. The summed E-state index contributed by atoms with van der Waals surface area (Å²) in [6.45, 7) is -0.472. The molecule has 20 rings (SSSR count). The van der Waals surface area contributed by atoms with Gasteiger partial charge in [-0.05, 0) is 199 Å². The number of anilines is 15. The van der Waals surface area contributed by atoms with Gasteiger partial charge in [0.05, 0.1) is 11.4 Å². The molecule has 4 aliphatic heterocycles. The summed E-state index contributed by atoms with van der Waals surface area (Å²) in [7, 11) is 0. The van der Waals surface area contributed by atoms with Crippen molar-refractivity contribution in [3.05, 3.63) is 394 Å². The van der Waals surface area contributed by atoms with Crippen LogP contribution in [0.3, 0.4) is 0 Å². The van der Waals surface area contributed by atoms with Gasteiger partial charge < -0.3 is 24.5 Å². The van der Waals surface area contributed by atoms with Crippen molar-refractivity contribution in [1.29, 1.82) is 0 Å². The second kappa shape index (κ2) is 25.8. The van der Waals surface area contributed by atoms with Crippen molar-refractivity contribution in [2.75, 3.05) is 24.5 Å². The predicted octanol–water partition coefficient (Wildman–Crippen LogP) is 22.3. The van der Waals surface area contributed by atoms with Gasteiger partial charge in [0.2, 0.25) is 6.71 Å². The standard InChI is InChI=1S/C96H64B2FN5S/c99-85-39-21-24-42-88(85)104-89-64-93-84(98-82-38-20-23-41-87(82)103(74-35-17-6-18-36-74)92-61-80(62-94(105-93)96(92)98)101(77-55-47-71(48-56-77)67-29-11-3-12-30-67)78-57-49-72(50-58-78)68-31-13-4-14-32-68)63-83(89)97-81-37-19-22-40-86(81)102(73-33-15-5-16-34-73)90-59-79(60-91(104)95(90)97)100(75-51-43-69(44-52-75)65-25-7-1-8-26-65)76-53-45-70(46-54-76)66-27-9-2-10-28-66/h1-64H. The molecule has 16 aromatic carbocycles. The lowest BCUT2D eigenvalue weighted by atomic mass is 9.31. The summed E-state index contributed by atoms with van der Waals surface area (Å²) in [5, 5.41) is 0. The Labute approximate surface area is 616 Å². The van der Waals surface area contributed by atoms with Gasteiger partial charge in [0.15, 0.2) is 0 Å². The van der Waals surface area contributed by atoms with Crippen LogP contribution in [0.4, 0.5) is 89.7 Å². The molecule has 0 saturated heterocycles. The van der Waals surface area contributed by atoms with E-state index >= 15 is 4.39 Å². The van der Waals surface area contributed by atoms with E-state index in [0.29, 0.717) is 5.69 Å². The maximum atomic E-state index is 18.0. The van der Waals surface area contributed by atoms with Gasteiger partial charge in [0.25, 0.3) is 6.71 Å². The summed E-state index contributed by atoms with van der Waals surface area (Å²) in [5.74, 6) is -0.317. The van der Waals surface area contributed by atoms with Crippen LogP contribution in [0, 0.1) is 5.82 Å². The summed E-state index contributed by atoms with van der Waals surface area (Å²) in [4.78, 5) is 14.2. The number of benzene rings is 16. The summed E-state index contributed by atoms with van der Waals surface area (Å²) in [6, 6.07) is 140. The lowest BCUT2D eigenvalue weighted by molar-refractivity contribution is 0.629. The highest BCUT2D eigenvalue weighted by atomic mass is 32.2. The number of hydrogen-bond donors (Lipinski definition) is 0. The van der Waals surface area contributed by atoms with E-state index in [4.69, 9.17) is 0 Å². The Morgan fingerprint density at radius 3 is 0.952 bits per heavy atom. The van der Waals surface area contributed by atoms with Crippen molar-refractivity contribution in [2.45, 2.75) is 9.79 Å². The first-order valence-corrected chi connectivity index (χ1v) is 36.7. The monoisotopic (exact) mass is 1360 g/mol. The van der Waals surface area contributed by atoms with Crippen molar-refractivity contribution in [3.63, 3.8) is 0 Å². The molecular weight excluding hydrogens is 1300 g/mol. The lowest BCUT2D eigenvalue weighted by Crippen LogP contribution is -2.64. The Balaban J connectivity index is 0.825. The van der Waals surface area contributed by atoms with Gasteiger partial charge in [-0.1, -0.05) is 278 Å². The van der Waals surface area contributed by atoms with E-state index < -0.39 is 0 Å². The first-order valence-electron chi connectivity index (χ1n) is 35.9. The summed E-state index contributed by atoms with van der Waals surface area (Å²) in [6.07, 6.45) is 0. The molecule has 0 atom stereocenters. The van der Waals surface area contributed by atoms with Crippen LogP contribution >= 0.6 is 11.8 Å². The molecule has 0 bridgehead atoms. The maximum absolute atomic E-state index is 18.0. The normalized spacial score (nSPS) is 12.7. The van der Waals surface area contributed by atoms with Crippen LogP contribution in [0.5, 0.6) is 0 Å². The fourth-order valence-electron chi connectivity index (χ4n) is 16.6. The second-order valence-corrected chi connectivity index (χ2v) is 28.3. The zero-order chi connectivity index (χ0) is 69.5. The van der Waals surface area contributed by atoms with E-state index in [-0.39, 0.29) is 19.2 Å². The van der Waals surface area contributed by atoms with Crippen LogP contribution in [0.25, 0.3) is 44.5 Å². The quantitative estimate of drug-likeness (QED) is 0.106. The van der Waals surface area contributed by atoms with E-state index in [1.165, 1.54) is 33.0 Å². The fraction of sp³-hybridized carbons (Fsp3) is 0. The first-order chi connectivity index (χ1) is 52.0. The zero-order valence-corrected chi connectivity index (χ0v) is 57.9. The molecule has 105 heavy (non-hydrogen) atoms. The SMILES string of the molecule is Fc1ccccc1N1c2cc3c(cc2B2c4ccccc4N(c4ccccc4)c4cc(N(c5ccc(-c6ccccc6)cc5)c5ccc(-c6ccccc6)cc5)cc1c42)B1c2ccccc2N(c2ccccc2)c2cc(N(c4ccc(-c5ccccc5)cc4)c4ccc(-c5ccccc5)cc4)cc(c21)S3. The van der Waals surface area contributed by atoms with E-state index in [0.717, 1.165) is 134 Å². The number of hydrogen-bond acceptors (Lipinski definition) is 6. The van der Waals surface area contributed by atoms with Gasteiger partial charge in [-0.25, -0.2) is 4.39 Å². The van der Waals surface area contributed by atoms with Crippen LogP contribution in [0.2, 0.25) is 0 Å². The van der Waals surface area contributed by atoms with Gasteiger partial charge in [0, 0.05) is 83.7 Å². The third kappa shape index (κ3) is 10.6. The number of nitrogens with zero attached hydrogens (tertiary/aromatic N) is 5. The molecule has 0 fully saturated rings. The van der Waals surface area contributed by atoms with E-state index in [1.54, 1.807) is 12.1 Å². The molecule has 9 heteroatoms. The minimum absolute atomic E-state index is 0.189. The average molecular weight is 1360 g/mol. The Kier molecular flexibility index (Phi) is 15.2. The third-order valence-corrected chi connectivity index (χ3v) is 22.4. The number of fused-ring (bicyclic) bond motifs is 8. The minimum Gasteiger partial charge on any atom is -0.311 e. The molecule has 0 radical (unpaired) electrons. The van der Waals surface area contributed by atoms with Crippen LogP contribution in [-0.2, 0) is 0 Å². The Bertz CT molecular complexity index is 5790. The maximum Gasteiger partial charge on any atom is 0.252 e. The van der Waals surface area contributed by atoms with Gasteiger partial charge >= 0.3 is 0 Å². The van der Waals surface area contributed by atoms with Crippen molar-refractivity contribution in [2.24, 2.45) is 0 Å². The van der Waals surface area contributed by atoms with Gasteiger partial charge in [0.1, 0.15) is 5.82 Å². The molecule has 4 heterocycles. The number of para-hydroxylation sites is 5.